The van der Waals surface area contributed by atoms with Crippen molar-refractivity contribution in [1.82, 2.24) is 9.88 Å². The van der Waals surface area contributed by atoms with Gasteiger partial charge in [0.05, 0.1) is 25.4 Å². The van der Waals surface area contributed by atoms with Crippen molar-refractivity contribution < 1.29 is 18.7 Å². The minimum atomic E-state index is -0.302. The maximum absolute atomic E-state index is 13.1. The first-order chi connectivity index (χ1) is 15.5. The van der Waals surface area contributed by atoms with Crippen LogP contribution in [0.15, 0.2) is 66.9 Å². The number of nitrogens with zero attached hydrogens (tertiary/aromatic N) is 3. The molecule has 0 atom stereocenters. The molecule has 1 aliphatic rings. The lowest BCUT2D eigenvalue weighted by atomic mass is 10.1. The fourth-order valence-electron chi connectivity index (χ4n) is 3.51. The van der Waals surface area contributed by atoms with Crippen LogP contribution in [-0.4, -0.2) is 42.0 Å². The standard InChI is InChI=1S/C24H23FN4O3/c1-32-21-9-4-17(5-10-21)14-23(30)27-20-8-11-22(26-15-20)29-13-12-28(24(29)31)16-18-2-6-19(25)7-3-18/h2-11,15H,12-14,16H2,1H3,(H,27,30). The molecule has 0 aliphatic carbocycles. The lowest BCUT2D eigenvalue weighted by molar-refractivity contribution is -0.115. The Bertz CT molecular complexity index is 1090. The number of aromatic nitrogens is 1. The van der Waals surface area contributed by atoms with Crippen LogP contribution in [-0.2, 0) is 17.8 Å². The van der Waals surface area contributed by atoms with E-state index in [1.165, 1.54) is 18.3 Å². The molecule has 0 bridgehead atoms. The zero-order chi connectivity index (χ0) is 22.5. The third-order valence-electron chi connectivity index (χ3n) is 5.21. The molecule has 1 aliphatic heterocycles. The molecule has 3 amide bonds. The van der Waals surface area contributed by atoms with Crippen molar-refractivity contribution in [2.24, 2.45) is 0 Å². The Morgan fingerprint density at radius 3 is 2.41 bits per heavy atom. The number of carbonyl (C=O) groups is 2. The molecule has 8 heteroatoms. The Morgan fingerprint density at radius 2 is 1.75 bits per heavy atom. The number of amides is 3. The number of halogens is 1. The van der Waals surface area contributed by atoms with Crippen LogP contribution in [0.5, 0.6) is 5.75 Å². The Morgan fingerprint density at radius 1 is 1.03 bits per heavy atom. The second-order valence-corrected chi connectivity index (χ2v) is 7.46. The van der Waals surface area contributed by atoms with E-state index in [9.17, 15) is 14.0 Å². The fraction of sp³-hybridized carbons (Fsp3) is 0.208. The number of ether oxygens (including phenoxy) is 1. The second kappa shape index (κ2) is 9.47. The lowest BCUT2D eigenvalue weighted by Gasteiger charge is -2.18. The Balaban J connectivity index is 1.33. The number of methoxy groups -OCH3 is 1. The molecule has 0 spiro atoms. The van der Waals surface area contributed by atoms with Gasteiger partial charge in [0, 0.05) is 19.6 Å². The molecule has 2 heterocycles. The molecular weight excluding hydrogens is 411 g/mol. The summed E-state index contributed by atoms with van der Waals surface area (Å²) in [6.45, 7) is 1.48. The quantitative estimate of drug-likeness (QED) is 0.613. The summed E-state index contributed by atoms with van der Waals surface area (Å²) in [5.41, 5.74) is 2.29. The molecule has 1 N–H and O–H groups in total. The highest BCUT2D eigenvalue weighted by molar-refractivity contribution is 5.94. The van der Waals surface area contributed by atoms with E-state index in [4.69, 9.17) is 4.74 Å². The highest BCUT2D eigenvalue weighted by atomic mass is 19.1. The third kappa shape index (κ3) is 5.03. The molecule has 4 rings (SSSR count). The predicted molar refractivity (Wildman–Crippen MR) is 119 cm³/mol. The van der Waals surface area contributed by atoms with Gasteiger partial charge in [-0.1, -0.05) is 24.3 Å². The van der Waals surface area contributed by atoms with Crippen LogP contribution in [0.3, 0.4) is 0 Å². The molecule has 32 heavy (non-hydrogen) atoms. The SMILES string of the molecule is COc1ccc(CC(=O)Nc2ccc(N3CCN(Cc4ccc(F)cc4)C3=O)nc2)cc1. The summed E-state index contributed by atoms with van der Waals surface area (Å²) in [6, 6.07) is 16.7. The number of pyridine rings is 1. The maximum atomic E-state index is 13.1. The van der Waals surface area contributed by atoms with Crippen molar-refractivity contribution in [1.29, 1.82) is 0 Å². The molecule has 1 saturated heterocycles. The van der Waals surface area contributed by atoms with E-state index in [0.29, 0.717) is 31.1 Å². The van der Waals surface area contributed by atoms with Gasteiger partial charge in [-0.05, 0) is 47.5 Å². The summed E-state index contributed by atoms with van der Waals surface area (Å²) in [4.78, 5) is 32.7. The fourth-order valence-corrected chi connectivity index (χ4v) is 3.51. The van der Waals surface area contributed by atoms with Crippen molar-refractivity contribution >= 4 is 23.4 Å². The molecule has 0 saturated carbocycles. The molecule has 3 aromatic rings. The maximum Gasteiger partial charge on any atom is 0.326 e. The molecule has 164 valence electrons. The minimum Gasteiger partial charge on any atom is -0.497 e. The molecule has 0 unspecified atom stereocenters. The van der Waals surface area contributed by atoms with E-state index in [-0.39, 0.29) is 24.2 Å². The van der Waals surface area contributed by atoms with Crippen LogP contribution in [0.25, 0.3) is 0 Å². The van der Waals surface area contributed by atoms with Gasteiger partial charge in [0.25, 0.3) is 0 Å². The largest absolute Gasteiger partial charge is 0.497 e. The Hall–Kier alpha value is -3.94. The topological polar surface area (TPSA) is 74.8 Å². The molecule has 0 radical (unpaired) electrons. The zero-order valence-electron chi connectivity index (χ0n) is 17.6. The first-order valence-corrected chi connectivity index (χ1v) is 10.2. The van der Waals surface area contributed by atoms with E-state index in [1.807, 2.05) is 24.3 Å². The molecular formula is C24H23FN4O3. The van der Waals surface area contributed by atoms with E-state index in [2.05, 4.69) is 10.3 Å². The average molecular weight is 434 g/mol. The zero-order valence-corrected chi connectivity index (χ0v) is 17.6. The Kier molecular flexibility index (Phi) is 6.30. The highest BCUT2D eigenvalue weighted by Crippen LogP contribution is 2.21. The number of benzene rings is 2. The van der Waals surface area contributed by atoms with Gasteiger partial charge in [0.2, 0.25) is 5.91 Å². The summed E-state index contributed by atoms with van der Waals surface area (Å²) in [5.74, 6) is 0.794. The van der Waals surface area contributed by atoms with Gasteiger partial charge in [-0.3, -0.25) is 9.69 Å². The van der Waals surface area contributed by atoms with Gasteiger partial charge in [0.15, 0.2) is 0 Å². The number of anilines is 2. The van der Waals surface area contributed by atoms with Crippen molar-refractivity contribution in [2.45, 2.75) is 13.0 Å². The van der Waals surface area contributed by atoms with Crippen molar-refractivity contribution in [3.05, 3.63) is 83.8 Å². The van der Waals surface area contributed by atoms with Crippen LogP contribution in [0.2, 0.25) is 0 Å². The van der Waals surface area contributed by atoms with Crippen LogP contribution in [0.4, 0.5) is 20.7 Å². The number of urea groups is 1. The number of rotatable bonds is 7. The monoisotopic (exact) mass is 434 g/mol. The number of carbonyl (C=O) groups excluding carboxylic acids is 2. The summed E-state index contributed by atoms with van der Waals surface area (Å²) in [6.07, 6.45) is 1.77. The predicted octanol–water partition coefficient (Wildman–Crippen LogP) is 3.85. The number of hydrogen-bond donors (Lipinski definition) is 1. The molecule has 7 nitrogen and oxygen atoms in total. The van der Waals surface area contributed by atoms with Gasteiger partial charge in [0.1, 0.15) is 17.4 Å². The number of hydrogen-bond acceptors (Lipinski definition) is 4. The van der Waals surface area contributed by atoms with Gasteiger partial charge in [-0.25, -0.2) is 14.2 Å². The van der Waals surface area contributed by atoms with Gasteiger partial charge >= 0.3 is 6.03 Å². The van der Waals surface area contributed by atoms with Gasteiger partial charge in [-0.2, -0.15) is 0 Å². The summed E-state index contributed by atoms with van der Waals surface area (Å²) in [5, 5.41) is 2.82. The van der Waals surface area contributed by atoms with E-state index < -0.39 is 0 Å². The first-order valence-electron chi connectivity index (χ1n) is 10.2. The van der Waals surface area contributed by atoms with E-state index in [1.54, 1.807) is 41.2 Å². The summed E-state index contributed by atoms with van der Waals surface area (Å²) in [7, 11) is 1.59. The van der Waals surface area contributed by atoms with Gasteiger partial charge < -0.3 is 15.0 Å². The summed E-state index contributed by atoms with van der Waals surface area (Å²) < 4.78 is 18.2. The lowest BCUT2D eigenvalue weighted by Crippen LogP contribution is -2.31. The number of nitrogens with one attached hydrogen (secondary N) is 1. The smallest absolute Gasteiger partial charge is 0.326 e. The van der Waals surface area contributed by atoms with E-state index >= 15 is 0 Å². The van der Waals surface area contributed by atoms with Crippen molar-refractivity contribution in [2.75, 3.05) is 30.4 Å². The molecule has 1 aromatic heterocycles. The minimum absolute atomic E-state index is 0.155. The normalized spacial score (nSPS) is 13.4. The molecule has 1 fully saturated rings. The first kappa shape index (κ1) is 21.3. The van der Waals surface area contributed by atoms with Crippen LogP contribution in [0.1, 0.15) is 11.1 Å². The van der Waals surface area contributed by atoms with Crippen molar-refractivity contribution in [3.63, 3.8) is 0 Å². The van der Waals surface area contributed by atoms with Crippen molar-refractivity contribution in [3.8, 4) is 5.75 Å². The van der Waals surface area contributed by atoms with Crippen LogP contribution >= 0.6 is 0 Å². The van der Waals surface area contributed by atoms with Gasteiger partial charge in [-0.15, -0.1) is 0 Å². The Labute approximate surface area is 185 Å². The molecule has 2 aromatic carbocycles. The average Bonchev–Trinajstić information content (AvgIpc) is 3.16. The second-order valence-electron chi connectivity index (χ2n) is 7.46. The summed E-state index contributed by atoms with van der Waals surface area (Å²) >= 11 is 0. The van der Waals surface area contributed by atoms with Crippen LogP contribution in [0, 0.1) is 5.82 Å². The van der Waals surface area contributed by atoms with Crippen LogP contribution < -0.4 is 15.0 Å². The van der Waals surface area contributed by atoms with E-state index in [0.717, 1.165) is 16.9 Å². The third-order valence-corrected chi connectivity index (χ3v) is 5.21. The highest BCUT2D eigenvalue weighted by Gasteiger charge is 2.30.